The minimum absolute atomic E-state index is 0. The maximum absolute atomic E-state index is 11.9. The third-order valence-electron chi connectivity index (χ3n) is 5.12. The average molecular weight is 492 g/mol. The van der Waals surface area contributed by atoms with Crippen molar-refractivity contribution < 1.29 is 8.42 Å². The molecule has 1 saturated heterocycles. The van der Waals surface area contributed by atoms with Crippen LogP contribution in [0.1, 0.15) is 37.7 Å². The second kappa shape index (κ2) is 9.36. The summed E-state index contributed by atoms with van der Waals surface area (Å²) in [6.07, 6.45) is 2.75. The number of rotatable bonds is 5. The zero-order chi connectivity index (χ0) is 17.9. The van der Waals surface area contributed by atoms with Crippen LogP contribution in [-0.2, 0) is 10.0 Å². The lowest BCUT2D eigenvalue weighted by molar-refractivity contribution is 0.306. The SMILES string of the molecule is CCS(=O)(=O)N1CCC(NC(=NC)NC2CC2c2ccccc2)CC1.I. The van der Waals surface area contributed by atoms with E-state index in [2.05, 4.69) is 39.9 Å². The molecule has 2 unspecified atom stereocenters. The van der Waals surface area contributed by atoms with Gasteiger partial charge in [0.15, 0.2) is 5.96 Å². The number of hydrogen-bond acceptors (Lipinski definition) is 3. The van der Waals surface area contributed by atoms with Crippen molar-refractivity contribution in [3.8, 4) is 0 Å². The average Bonchev–Trinajstić information content (AvgIpc) is 3.41. The summed E-state index contributed by atoms with van der Waals surface area (Å²) >= 11 is 0. The molecule has 1 saturated carbocycles. The van der Waals surface area contributed by atoms with Gasteiger partial charge in [0, 0.05) is 38.1 Å². The first-order chi connectivity index (χ1) is 12.0. The van der Waals surface area contributed by atoms with Crippen LogP contribution in [0.25, 0.3) is 0 Å². The maximum atomic E-state index is 11.9. The minimum Gasteiger partial charge on any atom is -0.354 e. The molecule has 0 radical (unpaired) electrons. The molecule has 0 bridgehead atoms. The highest BCUT2D eigenvalue weighted by molar-refractivity contribution is 14.0. The summed E-state index contributed by atoms with van der Waals surface area (Å²) in [7, 11) is -1.28. The van der Waals surface area contributed by atoms with E-state index in [0.717, 1.165) is 25.2 Å². The fourth-order valence-corrected chi connectivity index (χ4v) is 4.56. The Hall–Kier alpha value is -0.870. The van der Waals surface area contributed by atoms with Gasteiger partial charge in [0.05, 0.1) is 5.75 Å². The van der Waals surface area contributed by atoms with E-state index in [1.807, 2.05) is 6.07 Å². The Morgan fingerprint density at radius 2 is 1.85 bits per heavy atom. The van der Waals surface area contributed by atoms with Crippen molar-refractivity contribution in [2.75, 3.05) is 25.9 Å². The molecule has 0 spiro atoms. The van der Waals surface area contributed by atoms with E-state index in [9.17, 15) is 8.42 Å². The zero-order valence-corrected chi connectivity index (χ0v) is 18.5. The zero-order valence-electron chi connectivity index (χ0n) is 15.4. The van der Waals surface area contributed by atoms with E-state index in [4.69, 9.17) is 0 Å². The van der Waals surface area contributed by atoms with Crippen molar-refractivity contribution in [1.29, 1.82) is 0 Å². The second-order valence-electron chi connectivity index (χ2n) is 6.79. The van der Waals surface area contributed by atoms with E-state index in [-0.39, 0.29) is 35.8 Å². The lowest BCUT2D eigenvalue weighted by Gasteiger charge is -2.32. The van der Waals surface area contributed by atoms with E-state index in [1.165, 1.54) is 5.56 Å². The Morgan fingerprint density at radius 3 is 2.42 bits per heavy atom. The molecule has 2 aliphatic rings. The molecule has 1 aliphatic carbocycles. The van der Waals surface area contributed by atoms with Crippen LogP contribution in [0.3, 0.4) is 0 Å². The van der Waals surface area contributed by atoms with Gasteiger partial charge in [-0.15, -0.1) is 24.0 Å². The molecule has 1 aliphatic heterocycles. The van der Waals surface area contributed by atoms with Crippen molar-refractivity contribution >= 4 is 40.0 Å². The van der Waals surface area contributed by atoms with Crippen LogP contribution in [0.2, 0.25) is 0 Å². The van der Waals surface area contributed by atoms with Crippen molar-refractivity contribution in [2.45, 2.75) is 44.2 Å². The molecule has 1 aromatic carbocycles. The van der Waals surface area contributed by atoms with Crippen molar-refractivity contribution in [3.05, 3.63) is 35.9 Å². The third-order valence-corrected chi connectivity index (χ3v) is 7.00. The number of aliphatic imine (C=N–C) groups is 1. The predicted octanol–water partition coefficient (Wildman–Crippen LogP) is 2.14. The number of benzene rings is 1. The number of nitrogens with zero attached hydrogens (tertiary/aromatic N) is 2. The lowest BCUT2D eigenvalue weighted by Crippen LogP contribution is -2.50. The molecule has 6 nitrogen and oxygen atoms in total. The van der Waals surface area contributed by atoms with Crippen LogP contribution in [-0.4, -0.2) is 56.7 Å². The van der Waals surface area contributed by atoms with Crippen molar-refractivity contribution in [1.82, 2.24) is 14.9 Å². The number of guanidine groups is 1. The van der Waals surface area contributed by atoms with E-state index < -0.39 is 10.0 Å². The van der Waals surface area contributed by atoms with Gasteiger partial charge in [0.2, 0.25) is 10.0 Å². The Morgan fingerprint density at radius 1 is 1.19 bits per heavy atom. The summed E-state index contributed by atoms with van der Waals surface area (Å²) in [6.45, 7) is 2.87. The fraction of sp³-hybridized carbons (Fsp3) is 0.611. The van der Waals surface area contributed by atoms with E-state index >= 15 is 0 Å². The molecule has 0 amide bonds. The molecule has 2 N–H and O–H groups in total. The smallest absolute Gasteiger partial charge is 0.213 e. The van der Waals surface area contributed by atoms with E-state index in [1.54, 1.807) is 18.3 Å². The van der Waals surface area contributed by atoms with Gasteiger partial charge in [0.1, 0.15) is 0 Å². The Balaban J connectivity index is 0.00000243. The number of nitrogens with one attached hydrogen (secondary N) is 2. The van der Waals surface area contributed by atoms with Crippen molar-refractivity contribution in [3.63, 3.8) is 0 Å². The fourth-order valence-electron chi connectivity index (χ4n) is 3.42. The highest BCUT2D eigenvalue weighted by Crippen LogP contribution is 2.40. The molecule has 2 fully saturated rings. The van der Waals surface area contributed by atoms with Gasteiger partial charge in [-0.1, -0.05) is 30.3 Å². The minimum atomic E-state index is -3.07. The molecular weight excluding hydrogens is 463 g/mol. The first-order valence-electron chi connectivity index (χ1n) is 9.06. The Kier molecular flexibility index (Phi) is 7.72. The highest BCUT2D eigenvalue weighted by Gasteiger charge is 2.39. The molecular formula is C18H29IN4O2S. The lowest BCUT2D eigenvalue weighted by atomic mass is 10.1. The molecule has 3 rings (SSSR count). The first-order valence-corrected chi connectivity index (χ1v) is 10.7. The summed E-state index contributed by atoms with van der Waals surface area (Å²) in [6, 6.07) is 11.2. The van der Waals surface area contributed by atoms with Crippen LogP contribution >= 0.6 is 24.0 Å². The maximum Gasteiger partial charge on any atom is 0.213 e. The first kappa shape index (κ1) is 21.4. The Labute approximate surface area is 173 Å². The predicted molar refractivity (Wildman–Crippen MR) is 117 cm³/mol. The van der Waals surface area contributed by atoms with Gasteiger partial charge in [-0.25, -0.2) is 12.7 Å². The molecule has 26 heavy (non-hydrogen) atoms. The molecule has 146 valence electrons. The normalized spacial score (nSPS) is 24.6. The number of sulfonamides is 1. The van der Waals surface area contributed by atoms with Crippen LogP contribution in [0.4, 0.5) is 0 Å². The molecule has 1 heterocycles. The molecule has 1 aromatic rings. The van der Waals surface area contributed by atoms with Gasteiger partial charge in [0.25, 0.3) is 0 Å². The molecule has 0 aromatic heterocycles. The van der Waals surface area contributed by atoms with Gasteiger partial charge in [-0.3, -0.25) is 4.99 Å². The van der Waals surface area contributed by atoms with Gasteiger partial charge in [-0.2, -0.15) is 0 Å². The third kappa shape index (κ3) is 5.32. The Bertz CT molecular complexity index is 703. The quantitative estimate of drug-likeness (QED) is 0.376. The van der Waals surface area contributed by atoms with Gasteiger partial charge >= 0.3 is 0 Å². The molecule has 2 atom stereocenters. The molecule has 8 heteroatoms. The van der Waals surface area contributed by atoms with Crippen LogP contribution in [0.5, 0.6) is 0 Å². The van der Waals surface area contributed by atoms with Crippen LogP contribution in [0, 0.1) is 0 Å². The van der Waals surface area contributed by atoms with Crippen LogP contribution in [0.15, 0.2) is 35.3 Å². The van der Waals surface area contributed by atoms with Gasteiger partial charge in [-0.05, 0) is 31.7 Å². The largest absolute Gasteiger partial charge is 0.354 e. The number of hydrogen-bond donors (Lipinski definition) is 2. The van der Waals surface area contributed by atoms with Gasteiger partial charge < -0.3 is 10.6 Å². The summed E-state index contributed by atoms with van der Waals surface area (Å²) < 4.78 is 25.5. The standard InChI is InChI=1S/C18H28N4O2S.HI/c1-3-25(23,24)22-11-9-15(10-12-22)20-18(19-2)21-17-13-16(17)14-7-5-4-6-8-14;/h4-8,15-17H,3,9-13H2,1-2H3,(H2,19,20,21);1H. The second-order valence-corrected chi connectivity index (χ2v) is 9.05. The monoisotopic (exact) mass is 492 g/mol. The summed E-state index contributed by atoms with van der Waals surface area (Å²) in [4.78, 5) is 4.34. The number of halogens is 1. The van der Waals surface area contributed by atoms with E-state index in [0.29, 0.717) is 25.0 Å². The van der Waals surface area contributed by atoms with Crippen molar-refractivity contribution in [2.24, 2.45) is 4.99 Å². The highest BCUT2D eigenvalue weighted by atomic mass is 127. The number of piperidine rings is 1. The topological polar surface area (TPSA) is 73.8 Å². The summed E-state index contributed by atoms with van der Waals surface area (Å²) in [5, 5.41) is 6.95. The van der Waals surface area contributed by atoms with Crippen LogP contribution < -0.4 is 10.6 Å². The summed E-state index contributed by atoms with van der Waals surface area (Å²) in [5.41, 5.74) is 1.37. The summed E-state index contributed by atoms with van der Waals surface area (Å²) in [5.74, 6) is 1.55.